The largest absolute Gasteiger partial charge is 0.500 e. The molecule has 5 heteroatoms. The molecule has 5 nitrogen and oxygen atoms in total. The number of carbonyl (C=O) groups excluding carboxylic acids is 1. The highest BCUT2D eigenvalue weighted by atomic mass is 16.5. The van der Waals surface area contributed by atoms with Crippen LogP contribution in [0.2, 0.25) is 0 Å². The predicted molar refractivity (Wildman–Crippen MR) is 109 cm³/mol. The maximum atomic E-state index is 13.3. The molecular weight excluding hydrogens is 340 g/mol. The molecule has 2 aliphatic rings. The zero-order valence-corrected chi connectivity index (χ0v) is 18.1. The van der Waals surface area contributed by atoms with E-state index in [4.69, 9.17) is 9.47 Å². The van der Waals surface area contributed by atoms with Crippen molar-refractivity contribution < 1.29 is 14.3 Å². The summed E-state index contributed by atoms with van der Waals surface area (Å²) in [5, 5.41) is 0. The molecule has 0 atom stereocenters. The molecule has 1 aliphatic carbocycles. The summed E-state index contributed by atoms with van der Waals surface area (Å²) in [4.78, 5) is 17.7. The summed E-state index contributed by atoms with van der Waals surface area (Å²) in [7, 11) is 3.42. The van der Waals surface area contributed by atoms with Crippen molar-refractivity contribution in [3.63, 3.8) is 0 Å². The molecule has 0 radical (unpaired) electrons. The molecule has 0 N–H and O–H groups in total. The van der Waals surface area contributed by atoms with Crippen molar-refractivity contribution in [2.75, 3.05) is 46.9 Å². The summed E-state index contributed by atoms with van der Waals surface area (Å²) in [5.41, 5.74) is -0.870. The number of methoxy groups -OCH3 is 2. The van der Waals surface area contributed by atoms with Gasteiger partial charge in [-0.2, -0.15) is 0 Å². The van der Waals surface area contributed by atoms with E-state index >= 15 is 0 Å². The zero-order valence-electron chi connectivity index (χ0n) is 18.1. The summed E-state index contributed by atoms with van der Waals surface area (Å²) in [6.07, 6.45) is 7.74. The Hall–Kier alpha value is -1.49. The second-order valence-electron chi connectivity index (χ2n) is 7.68. The van der Waals surface area contributed by atoms with E-state index in [1.54, 1.807) is 14.2 Å². The molecule has 0 aromatic carbocycles. The summed E-state index contributed by atoms with van der Waals surface area (Å²) in [5.74, 6) is 1.95. The van der Waals surface area contributed by atoms with E-state index in [1.807, 2.05) is 4.90 Å². The highest BCUT2D eigenvalue weighted by Crippen LogP contribution is 2.52. The van der Waals surface area contributed by atoms with Crippen LogP contribution in [0.5, 0.6) is 0 Å². The van der Waals surface area contributed by atoms with Crippen LogP contribution in [0.1, 0.15) is 53.4 Å². The molecule has 0 unspecified atom stereocenters. The molecule has 2 rings (SSSR count). The third kappa shape index (κ3) is 3.89. The maximum absolute atomic E-state index is 13.3. The van der Waals surface area contributed by atoms with Crippen molar-refractivity contribution in [1.82, 2.24) is 9.80 Å². The lowest BCUT2D eigenvalue weighted by Gasteiger charge is -2.40. The van der Waals surface area contributed by atoms with E-state index in [2.05, 4.69) is 44.7 Å². The van der Waals surface area contributed by atoms with Crippen LogP contribution in [0.3, 0.4) is 0 Å². The molecule has 1 heterocycles. The average Bonchev–Trinajstić information content (AvgIpc) is 3.00. The van der Waals surface area contributed by atoms with Gasteiger partial charge in [0.05, 0.1) is 25.0 Å². The highest BCUT2D eigenvalue weighted by molar-refractivity contribution is 5.89. The number of amides is 1. The van der Waals surface area contributed by atoms with Crippen LogP contribution in [0.15, 0.2) is 23.7 Å². The Labute approximate surface area is 165 Å². The summed E-state index contributed by atoms with van der Waals surface area (Å²) in [6.45, 7) is 13.4. The SMILES string of the molecule is CCN(CC)CCCN1CCC2(C=C(OC)C(CC)(CC)C(OC)=C2)C1=O. The van der Waals surface area contributed by atoms with Crippen molar-refractivity contribution in [1.29, 1.82) is 0 Å². The van der Waals surface area contributed by atoms with Gasteiger partial charge in [-0.05, 0) is 57.5 Å². The smallest absolute Gasteiger partial charge is 0.236 e. The van der Waals surface area contributed by atoms with Crippen molar-refractivity contribution in [2.24, 2.45) is 10.8 Å². The number of nitrogens with zero attached hydrogens (tertiary/aromatic N) is 2. The van der Waals surface area contributed by atoms with Crippen LogP contribution in [0.25, 0.3) is 0 Å². The van der Waals surface area contributed by atoms with Gasteiger partial charge in [0, 0.05) is 13.1 Å². The van der Waals surface area contributed by atoms with Crippen LogP contribution in [-0.4, -0.2) is 62.7 Å². The topological polar surface area (TPSA) is 42.0 Å². The third-order valence-electron chi connectivity index (χ3n) is 6.65. The van der Waals surface area contributed by atoms with Gasteiger partial charge in [-0.15, -0.1) is 0 Å². The number of ether oxygens (including phenoxy) is 2. The second kappa shape index (κ2) is 9.13. The summed E-state index contributed by atoms with van der Waals surface area (Å²) < 4.78 is 11.6. The van der Waals surface area contributed by atoms with E-state index in [1.165, 1.54) is 0 Å². The van der Waals surface area contributed by atoms with Crippen molar-refractivity contribution in [2.45, 2.75) is 53.4 Å². The van der Waals surface area contributed by atoms with Crippen molar-refractivity contribution in [3.8, 4) is 0 Å². The normalized spacial score (nSPS) is 20.9. The molecule has 0 saturated carbocycles. The summed E-state index contributed by atoms with van der Waals surface area (Å²) in [6, 6.07) is 0. The van der Waals surface area contributed by atoms with Crippen LogP contribution in [0.4, 0.5) is 0 Å². The van der Waals surface area contributed by atoms with Crippen LogP contribution >= 0.6 is 0 Å². The Bertz CT molecular complexity index is 550. The molecular formula is C22H38N2O3. The fourth-order valence-corrected chi connectivity index (χ4v) is 4.69. The molecule has 1 fully saturated rings. The van der Waals surface area contributed by atoms with Gasteiger partial charge in [-0.25, -0.2) is 0 Å². The number of hydrogen-bond acceptors (Lipinski definition) is 4. The Balaban J connectivity index is 2.20. The fourth-order valence-electron chi connectivity index (χ4n) is 4.69. The molecule has 0 aromatic rings. The van der Waals surface area contributed by atoms with Gasteiger partial charge in [0.25, 0.3) is 0 Å². The Morgan fingerprint density at radius 1 is 1.04 bits per heavy atom. The number of likely N-dealkylation sites (tertiary alicyclic amines) is 1. The van der Waals surface area contributed by atoms with Crippen molar-refractivity contribution in [3.05, 3.63) is 23.7 Å². The molecule has 1 amide bonds. The molecule has 27 heavy (non-hydrogen) atoms. The average molecular weight is 379 g/mol. The van der Waals surface area contributed by atoms with Gasteiger partial charge in [-0.1, -0.05) is 27.7 Å². The van der Waals surface area contributed by atoms with E-state index in [-0.39, 0.29) is 11.3 Å². The Morgan fingerprint density at radius 3 is 2.04 bits per heavy atom. The van der Waals surface area contributed by atoms with Gasteiger partial charge in [0.1, 0.15) is 11.5 Å². The van der Waals surface area contributed by atoms with Gasteiger partial charge < -0.3 is 19.3 Å². The lowest BCUT2D eigenvalue weighted by atomic mass is 9.68. The molecule has 0 bridgehead atoms. The maximum Gasteiger partial charge on any atom is 0.236 e. The van der Waals surface area contributed by atoms with Gasteiger partial charge in [-0.3, -0.25) is 4.79 Å². The minimum atomic E-state index is -0.611. The Morgan fingerprint density at radius 2 is 1.59 bits per heavy atom. The minimum absolute atomic E-state index is 0.187. The first-order valence-electron chi connectivity index (χ1n) is 10.5. The molecule has 1 aliphatic heterocycles. The Kier molecular flexibility index (Phi) is 7.38. The van der Waals surface area contributed by atoms with Crippen LogP contribution < -0.4 is 0 Å². The molecule has 1 saturated heterocycles. The fraction of sp³-hybridized carbons (Fsp3) is 0.773. The second-order valence-corrected chi connectivity index (χ2v) is 7.68. The highest BCUT2D eigenvalue weighted by Gasteiger charge is 2.51. The first kappa shape index (κ1) is 21.8. The van der Waals surface area contributed by atoms with Crippen LogP contribution in [-0.2, 0) is 14.3 Å². The van der Waals surface area contributed by atoms with Crippen LogP contribution in [0, 0.1) is 10.8 Å². The van der Waals surface area contributed by atoms with Gasteiger partial charge >= 0.3 is 0 Å². The molecule has 1 spiro atoms. The molecule has 0 aromatic heterocycles. The van der Waals surface area contributed by atoms with Gasteiger partial charge in [0.2, 0.25) is 5.91 Å². The first-order chi connectivity index (χ1) is 13.0. The third-order valence-corrected chi connectivity index (χ3v) is 6.65. The number of hydrogen-bond donors (Lipinski definition) is 0. The standard InChI is InChI=1S/C22H38N2O3/c1-7-22(8-2)18(26-5)16-21(17-19(22)27-6)12-15-24(20(21)25)14-11-13-23(9-3)10-4/h16-17H,7-15H2,1-6H3. The lowest BCUT2D eigenvalue weighted by molar-refractivity contribution is -0.132. The lowest BCUT2D eigenvalue weighted by Crippen LogP contribution is -2.39. The number of rotatable bonds is 10. The monoisotopic (exact) mass is 378 g/mol. The summed E-state index contributed by atoms with van der Waals surface area (Å²) >= 11 is 0. The van der Waals surface area contributed by atoms with Crippen molar-refractivity contribution >= 4 is 5.91 Å². The quantitative estimate of drug-likeness (QED) is 0.580. The van der Waals surface area contributed by atoms with E-state index in [0.29, 0.717) is 0 Å². The zero-order chi connectivity index (χ0) is 20.1. The number of carbonyl (C=O) groups is 1. The predicted octanol–water partition coefficient (Wildman–Crippen LogP) is 3.82. The minimum Gasteiger partial charge on any atom is -0.500 e. The van der Waals surface area contributed by atoms with Gasteiger partial charge in [0.15, 0.2) is 0 Å². The van der Waals surface area contributed by atoms with E-state index in [9.17, 15) is 4.79 Å². The first-order valence-corrected chi connectivity index (χ1v) is 10.5. The van der Waals surface area contributed by atoms with E-state index < -0.39 is 5.41 Å². The molecule has 154 valence electrons. The van der Waals surface area contributed by atoms with E-state index in [0.717, 1.165) is 69.9 Å².